The number of halogens is 1. The van der Waals surface area contributed by atoms with Gasteiger partial charge in [0.2, 0.25) is 0 Å². The van der Waals surface area contributed by atoms with Crippen molar-refractivity contribution in [2.45, 2.75) is 12.5 Å². The number of aliphatic hydroxyl groups is 1. The van der Waals surface area contributed by atoms with Crippen molar-refractivity contribution >= 4 is 22.9 Å². The average molecular weight is 261 g/mol. The van der Waals surface area contributed by atoms with Gasteiger partial charge in [-0.15, -0.1) is 11.3 Å². The molecular formula is C11H17ClN2OS. The summed E-state index contributed by atoms with van der Waals surface area (Å²) in [5.74, 6) is 0. The van der Waals surface area contributed by atoms with Crippen LogP contribution in [0.25, 0.3) is 0 Å². The van der Waals surface area contributed by atoms with Gasteiger partial charge in [0.05, 0.1) is 10.4 Å². The van der Waals surface area contributed by atoms with Crippen LogP contribution in [0.15, 0.2) is 12.1 Å². The Morgan fingerprint density at radius 2 is 2.19 bits per heavy atom. The third-order valence-electron chi connectivity index (χ3n) is 2.74. The molecule has 0 aliphatic carbocycles. The maximum atomic E-state index is 9.97. The Labute approximate surface area is 105 Å². The average Bonchev–Trinajstić information content (AvgIpc) is 2.65. The molecule has 2 heterocycles. The van der Waals surface area contributed by atoms with E-state index in [2.05, 4.69) is 10.2 Å². The summed E-state index contributed by atoms with van der Waals surface area (Å²) in [6, 6.07) is 3.88. The SMILES string of the molecule is OC(Cc1ccc(Cl)s1)CN1CCNCC1. The van der Waals surface area contributed by atoms with Gasteiger partial charge in [0.15, 0.2) is 0 Å². The molecule has 1 unspecified atom stereocenters. The number of hydrogen-bond donors (Lipinski definition) is 2. The molecule has 1 atom stereocenters. The highest BCUT2D eigenvalue weighted by Gasteiger charge is 2.15. The van der Waals surface area contributed by atoms with Crippen molar-refractivity contribution in [1.29, 1.82) is 0 Å². The van der Waals surface area contributed by atoms with Gasteiger partial charge in [-0.3, -0.25) is 4.90 Å². The first-order valence-corrected chi connectivity index (χ1v) is 6.79. The van der Waals surface area contributed by atoms with E-state index in [0.29, 0.717) is 6.42 Å². The number of aliphatic hydroxyl groups excluding tert-OH is 1. The second kappa shape index (κ2) is 5.98. The molecule has 2 rings (SSSR count). The van der Waals surface area contributed by atoms with Crippen LogP contribution in [0.1, 0.15) is 4.88 Å². The van der Waals surface area contributed by atoms with E-state index in [9.17, 15) is 5.11 Å². The Morgan fingerprint density at radius 3 is 2.81 bits per heavy atom. The van der Waals surface area contributed by atoms with E-state index >= 15 is 0 Å². The molecule has 1 aliphatic rings. The smallest absolute Gasteiger partial charge is 0.0931 e. The van der Waals surface area contributed by atoms with Crippen LogP contribution in [0, 0.1) is 0 Å². The van der Waals surface area contributed by atoms with E-state index in [1.807, 2.05) is 12.1 Å². The fraction of sp³-hybridized carbons (Fsp3) is 0.636. The number of piperazine rings is 1. The summed E-state index contributed by atoms with van der Waals surface area (Å²) < 4.78 is 0.796. The number of thiophene rings is 1. The van der Waals surface area contributed by atoms with Gasteiger partial charge in [0.25, 0.3) is 0 Å². The van der Waals surface area contributed by atoms with Crippen molar-refractivity contribution < 1.29 is 5.11 Å². The molecule has 0 radical (unpaired) electrons. The van der Waals surface area contributed by atoms with E-state index in [4.69, 9.17) is 11.6 Å². The fourth-order valence-electron chi connectivity index (χ4n) is 1.95. The summed E-state index contributed by atoms with van der Waals surface area (Å²) in [5, 5.41) is 13.3. The normalized spacial score (nSPS) is 19.9. The van der Waals surface area contributed by atoms with Crippen LogP contribution in [-0.2, 0) is 6.42 Å². The third kappa shape index (κ3) is 3.71. The largest absolute Gasteiger partial charge is 0.391 e. The first-order chi connectivity index (χ1) is 7.74. The van der Waals surface area contributed by atoms with Crippen LogP contribution in [0.5, 0.6) is 0 Å². The molecule has 1 fully saturated rings. The number of nitrogens with one attached hydrogen (secondary N) is 1. The minimum Gasteiger partial charge on any atom is -0.391 e. The maximum Gasteiger partial charge on any atom is 0.0931 e. The number of rotatable bonds is 4. The van der Waals surface area contributed by atoms with Crippen LogP contribution in [-0.4, -0.2) is 48.8 Å². The van der Waals surface area contributed by atoms with E-state index in [1.165, 1.54) is 0 Å². The van der Waals surface area contributed by atoms with Gasteiger partial charge >= 0.3 is 0 Å². The van der Waals surface area contributed by atoms with Crippen LogP contribution < -0.4 is 5.32 Å². The number of β-amino-alcohol motifs (C(OH)–C–C–N with tert-alkyl or cyclic N) is 1. The Morgan fingerprint density at radius 1 is 1.44 bits per heavy atom. The van der Waals surface area contributed by atoms with Crippen molar-refractivity contribution in [2.24, 2.45) is 0 Å². The molecule has 0 saturated carbocycles. The van der Waals surface area contributed by atoms with Gasteiger partial charge in [-0.1, -0.05) is 11.6 Å². The quantitative estimate of drug-likeness (QED) is 0.854. The van der Waals surface area contributed by atoms with E-state index in [1.54, 1.807) is 11.3 Å². The van der Waals surface area contributed by atoms with Gasteiger partial charge in [0, 0.05) is 44.0 Å². The van der Waals surface area contributed by atoms with Gasteiger partial charge in [-0.2, -0.15) is 0 Å². The van der Waals surface area contributed by atoms with Crippen molar-refractivity contribution in [2.75, 3.05) is 32.7 Å². The molecule has 1 saturated heterocycles. The lowest BCUT2D eigenvalue weighted by atomic mass is 10.2. The van der Waals surface area contributed by atoms with Gasteiger partial charge < -0.3 is 10.4 Å². The summed E-state index contributed by atoms with van der Waals surface area (Å²) in [4.78, 5) is 3.46. The monoisotopic (exact) mass is 260 g/mol. The molecule has 1 aromatic heterocycles. The van der Waals surface area contributed by atoms with Crippen LogP contribution in [0.4, 0.5) is 0 Å². The lowest BCUT2D eigenvalue weighted by molar-refractivity contribution is 0.106. The van der Waals surface area contributed by atoms with Crippen molar-refractivity contribution in [3.63, 3.8) is 0 Å². The molecule has 1 aromatic rings. The Hall–Kier alpha value is -0.130. The van der Waals surface area contributed by atoms with Crippen LogP contribution in [0.2, 0.25) is 4.34 Å². The highest BCUT2D eigenvalue weighted by molar-refractivity contribution is 7.16. The van der Waals surface area contributed by atoms with E-state index in [-0.39, 0.29) is 6.10 Å². The zero-order valence-electron chi connectivity index (χ0n) is 9.16. The summed E-state index contributed by atoms with van der Waals surface area (Å²) in [5.41, 5.74) is 0. The summed E-state index contributed by atoms with van der Waals surface area (Å²) in [6.07, 6.45) is 0.425. The summed E-state index contributed by atoms with van der Waals surface area (Å²) in [7, 11) is 0. The topological polar surface area (TPSA) is 35.5 Å². The minimum atomic E-state index is -0.284. The van der Waals surface area contributed by atoms with Crippen molar-refractivity contribution in [3.05, 3.63) is 21.3 Å². The lowest BCUT2D eigenvalue weighted by Crippen LogP contribution is -2.46. The molecule has 3 nitrogen and oxygen atoms in total. The standard InChI is InChI=1S/C11H17ClN2OS/c12-11-2-1-10(16-11)7-9(15)8-14-5-3-13-4-6-14/h1-2,9,13,15H,3-8H2. The fourth-order valence-corrected chi connectivity index (χ4v) is 3.11. The van der Waals surface area contributed by atoms with E-state index < -0.39 is 0 Å². The van der Waals surface area contributed by atoms with E-state index in [0.717, 1.165) is 41.9 Å². The molecule has 2 N–H and O–H groups in total. The van der Waals surface area contributed by atoms with Gasteiger partial charge in [0.1, 0.15) is 0 Å². The molecule has 0 amide bonds. The maximum absolute atomic E-state index is 9.97. The highest BCUT2D eigenvalue weighted by atomic mass is 35.5. The minimum absolute atomic E-state index is 0.284. The Balaban J connectivity index is 1.77. The van der Waals surface area contributed by atoms with Crippen molar-refractivity contribution in [1.82, 2.24) is 10.2 Å². The lowest BCUT2D eigenvalue weighted by Gasteiger charge is -2.28. The second-order valence-electron chi connectivity index (χ2n) is 4.11. The Bertz CT molecular complexity index is 326. The molecule has 1 aliphatic heterocycles. The molecule has 5 heteroatoms. The predicted molar refractivity (Wildman–Crippen MR) is 68.3 cm³/mol. The van der Waals surface area contributed by atoms with Crippen LogP contribution in [0.3, 0.4) is 0 Å². The van der Waals surface area contributed by atoms with Gasteiger partial charge in [-0.25, -0.2) is 0 Å². The molecule has 0 aromatic carbocycles. The first-order valence-electron chi connectivity index (χ1n) is 5.59. The van der Waals surface area contributed by atoms with Crippen LogP contribution >= 0.6 is 22.9 Å². The molecule has 0 bridgehead atoms. The zero-order valence-corrected chi connectivity index (χ0v) is 10.7. The first kappa shape index (κ1) is 12.3. The number of nitrogens with zero attached hydrogens (tertiary/aromatic N) is 1. The second-order valence-corrected chi connectivity index (χ2v) is 5.91. The molecular weight excluding hydrogens is 244 g/mol. The predicted octanol–water partition coefficient (Wildman–Crippen LogP) is 1.21. The van der Waals surface area contributed by atoms with Gasteiger partial charge in [-0.05, 0) is 12.1 Å². The third-order valence-corrected chi connectivity index (χ3v) is 4.00. The zero-order chi connectivity index (χ0) is 11.4. The molecule has 16 heavy (non-hydrogen) atoms. The molecule has 90 valence electrons. The number of hydrogen-bond acceptors (Lipinski definition) is 4. The summed E-state index contributed by atoms with van der Waals surface area (Å²) >= 11 is 7.41. The Kier molecular flexibility index (Phi) is 4.61. The highest BCUT2D eigenvalue weighted by Crippen LogP contribution is 2.22. The van der Waals surface area contributed by atoms with Crippen molar-refractivity contribution in [3.8, 4) is 0 Å². The molecule has 0 spiro atoms. The summed E-state index contributed by atoms with van der Waals surface area (Å²) in [6.45, 7) is 4.87.